The predicted molar refractivity (Wildman–Crippen MR) is 83.4 cm³/mol. The van der Waals surface area contributed by atoms with Crippen LogP contribution in [0.4, 0.5) is 0 Å². The molecule has 0 N–H and O–H groups in total. The lowest BCUT2D eigenvalue weighted by molar-refractivity contribution is -0.497. The Morgan fingerprint density at radius 1 is 1.39 bits per heavy atom. The molecule has 2 heterocycles. The van der Waals surface area contributed by atoms with Crippen LogP contribution in [0, 0.1) is 16.0 Å². The van der Waals surface area contributed by atoms with Crippen molar-refractivity contribution in [3.63, 3.8) is 0 Å². The van der Waals surface area contributed by atoms with E-state index in [0.29, 0.717) is 19.5 Å². The number of imidazole rings is 1. The van der Waals surface area contributed by atoms with Crippen molar-refractivity contribution >= 4 is 16.9 Å². The molecule has 7 nitrogen and oxygen atoms in total. The molecule has 1 aliphatic heterocycles. The van der Waals surface area contributed by atoms with E-state index in [1.54, 1.807) is 0 Å². The molecule has 1 aliphatic carbocycles. The molecule has 0 spiro atoms. The minimum atomic E-state index is -0.669. The molecule has 1 saturated carbocycles. The number of likely N-dealkylation sites (tertiary alicyclic amines) is 1. The standard InChI is InChI=1S/C16H18N4O3/c21-16(12-8-15(12)20(22)23)19-7-3-4-11(19)9-18-10-17-13-5-1-2-6-14(13)18/h1-2,5-6,10-12,15H,3-4,7-9H2/t11-,12+,15-/m0/s1. The summed E-state index contributed by atoms with van der Waals surface area (Å²) in [6.45, 7) is 1.40. The molecule has 2 aliphatic rings. The molecule has 120 valence electrons. The minimum Gasteiger partial charge on any atom is -0.337 e. The topological polar surface area (TPSA) is 81.3 Å². The van der Waals surface area contributed by atoms with Crippen LogP contribution in [0.5, 0.6) is 0 Å². The predicted octanol–water partition coefficient (Wildman–Crippen LogP) is 1.69. The van der Waals surface area contributed by atoms with Crippen LogP contribution in [0.2, 0.25) is 0 Å². The van der Waals surface area contributed by atoms with Gasteiger partial charge in [-0.25, -0.2) is 4.98 Å². The monoisotopic (exact) mass is 314 g/mol. The van der Waals surface area contributed by atoms with Gasteiger partial charge in [0.15, 0.2) is 0 Å². The maximum absolute atomic E-state index is 12.5. The number of hydrogen-bond donors (Lipinski definition) is 0. The summed E-state index contributed by atoms with van der Waals surface area (Å²) >= 11 is 0. The molecule has 23 heavy (non-hydrogen) atoms. The maximum atomic E-state index is 12.5. The molecule has 1 aromatic carbocycles. The maximum Gasteiger partial charge on any atom is 0.233 e. The average Bonchev–Trinajstić information content (AvgIpc) is 3.07. The van der Waals surface area contributed by atoms with Gasteiger partial charge in [0.25, 0.3) is 0 Å². The van der Waals surface area contributed by atoms with Gasteiger partial charge in [-0.1, -0.05) is 12.1 Å². The molecule has 2 aromatic rings. The highest BCUT2D eigenvalue weighted by atomic mass is 16.6. The molecule has 1 amide bonds. The van der Waals surface area contributed by atoms with Crippen LogP contribution in [0.1, 0.15) is 19.3 Å². The van der Waals surface area contributed by atoms with Crippen molar-refractivity contribution in [2.45, 2.75) is 37.9 Å². The molecule has 3 atom stereocenters. The largest absolute Gasteiger partial charge is 0.337 e. The molecular formula is C16H18N4O3. The number of fused-ring (bicyclic) bond motifs is 1. The third kappa shape index (κ3) is 2.46. The highest BCUT2D eigenvalue weighted by Gasteiger charge is 2.55. The van der Waals surface area contributed by atoms with Gasteiger partial charge in [-0.3, -0.25) is 14.9 Å². The van der Waals surface area contributed by atoms with E-state index < -0.39 is 12.0 Å². The zero-order valence-corrected chi connectivity index (χ0v) is 12.7. The van der Waals surface area contributed by atoms with E-state index in [9.17, 15) is 14.9 Å². The molecular weight excluding hydrogens is 296 g/mol. The summed E-state index contributed by atoms with van der Waals surface area (Å²) in [5.41, 5.74) is 2.00. The summed E-state index contributed by atoms with van der Waals surface area (Å²) in [7, 11) is 0. The normalized spacial score (nSPS) is 26.6. The Balaban J connectivity index is 1.50. The third-order valence-corrected chi connectivity index (χ3v) is 4.94. The van der Waals surface area contributed by atoms with Crippen molar-refractivity contribution < 1.29 is 9.72 Å². The fourth-order valence-electron chi connectivity index (χ4n) is 3.59. The molecule has 7 heteroatoms. The van der Waals surface area contributed by atoms with Gasteiger partial charge in [-0.05, 0) is 25.0 Å². The summed E-state index contributed by atoms with van der Waals surface area (Å²) in [6, 6.07) is 7.35. The van der Waals surface area contributed by atoms with E-state index in [4.69, 9.17) is 0 Å². The van der Waals surface area contributed by atoms with E-state index in [-0.39, 0.29) is 16.9 Å². The van der Waals surface area contributed by atoms with Gasteiger partial charge in [0.05, 0.1) is 17.4 Å². The Morgan fingerprint density at radius 3 is 3.00 bits per heavy atom. The molecule has 4 rings (SSSR count). The van der Waals surface area contributed by atoms with Gasteiger partial charge < -0.3 is 9.47 Å². The Kier molecular flexibility index (Phi) is 3.28. The zero-order chi connectivity index (χ0) is 16.0. The second-order valence-corrected chi connectivity index (χ2v) is 6.41. The Labute approximate surface area is 133 Å². The minimum absolute atomic E-state index is 0.0429. The fraction of sp³-hybridized carbons (Fsp3) is 0.500. The molecule has 0 radical (unpaired) electrons. The molecule has 0 unspecified atom stereocenters. The fourth-order valence-corrected chi connectivity index (χ4v) is 3.59. The van der Waals surface area contributed by atoms with E-state index in [0.717, 1.165) is 23.9 Å². The van der Waals surface area contributed by atoms with Crippen LogP contribution in [0.15, 0.2) is 30.6 Å². The lowest BCUT2D eigenvalue weighted by Gasteiger charge is -2.25. The lowest BCUT2D eigenvalue weighted by Crippen LogP contribution is -2.39. The first kappa shape index (κ1) is 14.2. The lowest BCUT2D eigenvalue weighted by atomic mass is 10.2. The first-order valence-electron chi connectivity index (χ1n) is 7.99. The first-order valence-corrected chi connectivity index (χ1v) is 7.99. The van der Waals surface area contributed by atoms with Gasteiger partial charge in [0, 0.05) is 30.5 Å². The smallest absolute Gasteiger partial charge is 0.233 e. The molecule has 2 fully saturated rings. The van der Waals surface area contributed by atoms with Crippen molar-refractivity contribution in [1.29, 1.82) is 0 Å². The van der Waals surface area contributed by atoms with E-state index >= 15 is 0 Å². The second-order valence-electron chi connectivity index (χ2n) is 6.41. The van der Waals surface area contributed by atoms with E-state index in [1.165, 1.54) is 0 Å². The number of para-hydroxylation sites is 2. The quantitative estimate of drug-likeness (QED) is 0.635. The summed E-state index contributed by atoms with van der Waals surface area (Å²) in [5.74, 6) is -0.455. The number of benzene rings is 1. The first-order chi connectivity index (χ1) is 11.1. The summed E-state index contributed by atoms with van der Waals surface area (Å²) < 4.78 is 2.07. The van der Waals surface area contributed by atoms with Crippen LogP contribution in [0.3, 0.4) is 0 Å². The number of rotatable bonds is 4. The van der Waals surface area contributed by atoms with Crippen molar-refractivity contribution in [2.75, 3.05) is 6.54 Å². The highest BCUT2D eigenvalue weighted by Crippen LogP contribution is 2.37. The SMILES string of the molecule is O=C([C@@H]1C[C@@H]1[N+](=O)[O-])N1CCC[C@H]1Cn1cnc2ccccc21. The van der Waals surface area contributed by atoms with E-state index in [2.05, 4.69) is 9.55 Å². The van der Waals surface area contributed by atoms with Gasteiger partial charge in [-0.15, -0.1) is 0 Å². The second kappa shape index (κ2) is 5.33. The van der Waals surface area contributed by atoms with Crippen molar-refractivity contribution in [3.05, 3.63) is 40.7 Å². The Hall–Kier alpha value is -2.44. The van der Waals surface area contributed by atoms with Crippen molar-refractivity contribution in [3.8, 4) is 0 Å². The van der Waals surface area contributed by atoms with Crippen LogP contribution < -0.4 is 0 Å². The number of hydrogen-bond acceptors (Lipinski definition) is 4. The molecule has 1 aromatic heterocycles. The zero-order valence-electron chi connectivity index (χ0n) is 12.7. The summed E-state index contributed by atoms with van der Waals surface area (Å²) in [4.78, 5) is 29.2. The van der Waals surface area contributed by atoms with Gasteiger partial charge in [0.1, 0.15) is 5.92 Å². The number of aromatic nitrogens is 2. The van der Waals surface area contributed by atoms with Crippen LogP contribution >= 0.6 is 0 Å². The van der Waals surface area contributed by atoms with Crippen molar-refractivity contribution in [1.82, 2.24) is 14.5 Å². The number of amides is 1. The molecule has 0 bridgehead atoms. The number of carbonyl (C=O) groups is 1. The third-order valence-electron chi connectivity index (χ3n) is 4.94. The van der Waals surface area contributed by atoms with Gasteiger partial charge in [0.2, 0.25) is 11.9 Å². The number of nitro groups is 1. The summed E-state index contributed by atoms with van der Waals surface area (Å²) in [5, 5.41) is 10.8. The molecule has 1 saturated heterocycles. The average molecular weight is 314 g/mol. The van der Waals surface area contributed by atoms with Crippen molar-refractivity contribution in [2.24, 2.45) is 5.92 Å². The highest BCUT2D eigenvalue weighted by molar-refractivity contribution is 5.82. The van der Waals surface area contributed by atoms with Crippen LogP contribution in [0.25, 0.3) is 11.0 Å². The van der Waals surface area contributed by atoms with Crippen LogP contribution in [-0.4, -0.2) is 43.9 Å². The Morgan fingerprint density at radius 2 is 2.22 bits per heavy atom. The Bertz CT molecular complexity index is 772. The number of carbonyl (C=O) groups excluding carboxylic acids is 1. The summed E-state index contributed by atoms with van der Waals surface area (Å²) in [6.07, 6.45) is 4.10. The van der Waals surface area contributed by atoms with Crippen LogP contribution in [-0.2, 0) is 11.3 Å². The van der Waals surface area contributed by atoms with E-state index in [1.807, 2.05) is 35.5 Å². The number of nitrogens with zero attached hydrogens (tertiary/aromatic N) is 4. The van der Waals surface area contributed by atoms with Gasteiger partial charge >= 0.3 is 0 Å². The van der Waals surface area contributed by atoms with Gasteiger partial charge in [-0.2, -0.15) is 0 Å².